The zero-order chi connectivity index (χ0) is 49.9. The van der Waals surface area contributed by atoms with E-state index in [0.29, 0.717) is 80.5 Å². The Bertz CT molecular complexity index is 2960. The average molecular weight is 1000 g/mol. The molecule has 18 nitrogen and oxygen atoms in total. The van der Waals surface area contributed by atoms with E-state index in [2.05, 4.69) is 72.8 Å². The van der Waals surface area contributed by atoms with Gasteiger partial charge in [-0.25, -0.2) is 4.72 Å². The molecule has 72 heavy (non-hydrogen) atoms. The van der Waals surface area contributed by atoms with E-state index in [9.17, 15) is 28.4 Å². The molecule has 6 aliphatic rings. The molecule has 7 heterocycles. The van der Waals surface area contributed by atoms with Crippen LogP contribution in [0.4, 0.5) is 28.6 Å². The van der Waals surface area contributed by atoms with Crippen LogP contribution in [0.25, 0.3) is 11.0 Å². The van der Waals surface area contributed by atoms with E-state index in [-0.39, 0.29) is 34.7 Å². The molecule has 4 aliphatic heterocycles. The number of nitrogens with zero attached hydrogens (tertiary/aromatic N) is 6. The van der Waals surface area contributed by atoms with Gasteiger partial charge < -0.3 is 49.5 Å². The number of pyridine rings is 2. The minimum Gasteiger partial charge on any atom is -0.468 e. The molecular weight excluding hydrogens is 939 g/mol. The molecule has 0 unspecified atom stereocenters. The van der Waals surface area contributed by atoms with Crippen LogP contribution >= 0.6 is 0 Å². The van der Waals surface area contributed by atoms with Crippen molar-refractivity contribution in [2.45, 2.75) is 119 Å². The molecule has 2 saturated carbocycles. The van der Waals surface area contributed by atoms with E-state index in [4.69, 9.17) is 19.2 Å². The lowest BCUT2D eigenvalue weighted by Gasteiger charge is -2.57. The summed E-state index contributed by atoms with van der Waals surface area (Å²) in [5.74, 6) is -0.635. The minimum absolute atomic E-state index is 0.0670. The number of aromatic amines is 1. The summed E-state index contributed by atoms with van der Waals surface area (Å²) in [7, 11) is -4.73. The third-order valence-corrected chi connectivity index (χ3v) is 17.8. The van der Waals surface area contributed by atoms with E-state index >= 15 is 0 Å². The van der Waals surface area contributed by atoms with Crippen LogP contribution in [0, 0.1) is 21.4 Å². The fourth-order valence-corrected chi connectivity index (χ4v) is 13.3. The van der Waals surface area contributed by atoms with E-state index in [1.54, 1.807) is 12.3 Å². The van der Waals surface area contributed by atoms with Crippen LogP contribution in [0.3, 0.4) is 0 Å². The Hall–Kier alpha value is -5.86. The number of nitrogens with one attached hydrogen (secondary N) is 3. The number of hydrogen-bond acceptors (Lipinski definition) is 15. The molecule has 3 aromatic heterocycles. The van der Waals surface area contributed by atoms with Crippen molar-refractivity contribution in [3.63, 3.8) is 0 Å². The maximum atomic E-state index is 14.7. The van der Waals surface area contributed by atoms with Crippen LogP contribution < -0.4 is 24.6 Å². The Balaban J connectivity index is 0.864. The molecule has 3 atom stereocenters. The van der Waals surface area contributed by atoms with Gasteiger partial charge in [0, 0.05) is 62.2 Å². The van der Waals surface area contributed by atoms with Gasteiger partial charge in [0.05, 0.1) is 48.8 Å². The number of hydrogen-bond donors (Lipinski definition) is 4. The molecule has 4 N–H and O–H groups in total. The van der Waals surface area contributed by atoms with Crippen LogP contribution in [-0.4, -0.2) is 121 Å². The number of morpholine rings is 1. The number of aromatic nitrogens is 3. The van der Waals surface area contributed by atoms with Gasteiger partial charge in [0.2, 0.25) is 5.88 Å². The third kappa shape index (κ3) is 9.38. The van der Waals surface area contributed by atoms with Gasteiger partial charge in [-0.05, 0) is 139 Å². The smallest absolute Gasteiger partial charge is 0.388 e. The van der Waals surface area contributed by atoms with Crippen molar-refractivity contribution in [1.82, 2.24) is 24.6 Å². The molecule has 1 amide bonds. The number of carbonyl (C=O) groups excluding carboxylic acids is 1. The van der Waals surface area contributed by atoms with Crippen molar-refractivity contribution in [1.29, 1.82) is 0 Å². The summed E-state index contributed by atoms with van der Waals surface area (Å²) in [6, 6.07) is 21.2. The van der Waals surface area contributed by atoms with Crippen molar-refractivity contribution in [2.75, 3.05) is 67.7 Å². The molecule has 5 fully saturated rings. The number of nitro groups is 1. The van der Waals surface area contributed by atoms with Gasteiger partial charge >= 0.3 is 15.8 Å². The number of carbonyl (C=O) groups is 1. The van der Waals surface area contributed by atoms with E-state index in [1.807, 2.05) is 31.2 Å². The number of aliphatic hydroxyl groups is 1. The van der Waals surface area contributed by atoms with Crippen LogP contribution in [0.15, 0.2) is 78.0 Å². The number of sulfonamides is 1. The van der Waals surface area contributed by atoms with Gasteiger partial charge in [0.25, 0.3) is 10.9 Å². The highest BCUT2D eigenvalue weighted by Gasteiger charge is 2.50. The summed E-state index contributed by atoms with van der Waals surface area (Å²) in [5, 5.41) is 25.9. The number of rotatable bonds is 12. The van der Waals surface area contributed by atoms with Gasteiger partial charge in [-0.3, -0.25) is 9.69 Å². The molecule has 0 bridgehead atoms. The molecule has 5 aromatic rings. The van der Waals surface area contributed by atoms with Gasteiger partial charge in [-0.1, -0.05) is 38.1 Å². The zero-order valence-electron chi connectivity index (χ0n) is 41.2. The van der Waals surface area contributed by atoms with Crippen molar-refractivity contribution in [3.8, 4) is 5.88 Å². The van der Waals surface area contributed by atoms with Gasteiger partial charge in [0.15, 0.2) is 0 Å². The maximum absolute atomic E-state index is 14.7. The standard InChI is InChI=1S/C53H65N9O9S/c1-33(2)38-6-4-5-7-39(38)45-31-70-25-23-60(45)37-28-53(29-37)18-21-59(22-19-53)36-8-9-40(43(27-36)61-42-15-24-69-32-46(42)71-51-44(61)26-35-14-20-54-48(35)57-51)50(63)58-72(67,68)47-11-10-41(49(56-47)62(65)66)55-30-34-12-16-52(3,64)17-13-34/h4-11,14,20,26-27,33-34,37,42,45-46,55,64H,12-13,15-19,21-25,28-32H2,1-3H3,(H,54,57)(H,58,63)/t34-,42-,45-,46-,52-/m0/s1. The molecule has 19 heteroatoms. The first-order valence-electron chi connectivity index (χ1n) is 25.7. The summed E-state index contributed by atoms with van der Waals surface area (Å²) in [4.78, 5) is 45.4. The first-order chi connectivity index (χ1) is 34.6. The van der Waals surface area contributed by atoms with Crippen LogP contribution in [0.1, 0.15) is 112 Å². The van der Waals surface area contributed by atoms with E-state index < -0.39 is 43.4 Å². The summed E-state index contributed by atoms with van der Waals surface area (Å²) >= 11 is 0. The zero-order valence-corrected chi connectivity index (χ0v) is 42.0. The number of H-pyrrole nitrogens is 1. The van der Waals surface area contributed by atoms with E-state index in [0.717, 1.165) is 81.9 Å². The minimum atomic E-state index is -4.73. The van der Waals surface area contributed by atoms with Crippen molar-refractivity contribution >= 4 is 55.5 Å². The molecule has 1 spiro atoms. The highest BCUT2D eigenvalue weighted by atomic mass is 32.2. The molecule has 11 rings (SSSR count). The highest BCUT2D eigenvalue weighted by molar-refractivity contribution is 7.90. The van der Waals surface area contributed by atoms with Gasteiger partial charge in [-0.15, -0.1) is 0 Å². The lowest BCUT2D eigenvalue weighted by Crippen LogP contribution is -2.58. The number of fused-ring (bicyclic) bond motifs is 3. The molecular formula is C53H65N9O9S. The number of amides is 1. The maximum Gasteiger partial charge on any atom is 0.388 e. The fraction of sp³-hybridized carbons (Fsp3) is 0.528. The van der Waals surface area contributed by atoms with Gasteiger partial charge in [0.1, 0.15) is 23.1 Å². The predicted molar refractivity (Wildman–Crippen MR) is 273 cm³/mol. The normalized spacial score (nSPS) is 25.6. The summed E-state index contributed by atoms with van der Waals surface area (Å²) in [5.41, 5.74) is 5.07. The Morgan fingerprint density at radius 2 is 1.72 bits per heavy atom. The third-order valence-electron chi connectivity index (χ3n) is 16.5. The first-order valence-corrected chi connectivity index (χ1v) is 27.1. The van der Waals surface area contributed by atoms with Crippen LogP contribution in [0.2, 0.25) is 0 Å². The number of benzene rings is 2. The summed E-state index contributed by atoms with van der Waals surface area (Å²) in [6.45, 7) is 11.5. The number of ether oxygens (including phenoxy) is 3. The van der Waals surface area contributed by atoms with E-state index in [1.165, 1.54) is 17.2 Å². The van der Waals surface area contributed by atoms with Crippen molar-refractivity contribution in [2.24, 2.45) is 11.3 Å². The predicted octanol–water partition coefficient (Wildman–Crippen LogP) is 7.97. The number of anilines is 4. The second kappa shape index (κ2) is 19.2. The second-order valence-electron chi connectivity index (χ2n) is 21.6. The average Bonchev–Trinajstić information content (AvgIpc) is 3.83. The summed E-state index contributed by atoms with van der Waals surface area (Å²) in [6.07, 6.45) is 8.96. The molecule has 382 valence electrons. The highest BCUT2D eigenvalue weighted by Crippen LogP contribution is 2.54. The quantitative estimate of drug-likeness (QED) is 0.0688. The summed E-state index contributed by atoms with van der Waals surface area (Å²) < 4.78 is 49.0. The molecule has 3 saturated heterocycles. The Morgan fingerprint density at radius 1 is 0.944 bits per heavy atom. The Morgan fingerprint density at radius 3 is 2.50 bits per heavy atom. The largest absolute Gasteiger partial charge is 0.468 e. The van der Waals surface area contributed by atoms with Crippen molar-refractivity contribution in [3.05, 3.63) is 99.7 Å². The van der Waals surface area contributed by atoms with Crippen LogP contribution in [0.5, 0.6) is 5.88 Å². The number of piperidine rings is 1. The Kier molecular flexibility index (Phi) is 12.9. The lowest BCUT2D eigenvalue weighted by molar-refractivity contribution is -0.389. The lowest BCUT2D eigenvalue weighted by atomic mass is 9.59. The fourth-order valence-electron chi connectivity index (χ4n) is 12.4. The Labute approximate surface area is 420 Å². The van der Waals surface area contributed by atoms with Gasteiger partial charge in [-0.2, -0.15) is 13.4 Å². The molecule has 2 aromatic carbocycles. The van der Waals surface area contributed by atoms with Crippen molar-refractivity contribution < 1.29 is 37.5 Å². The topological polar surface area (TPSA) is 218 Å². The first kappa shape index (κ1) is 48.4. The molecule has 0 radical (unpaired) electrons. The monoisotopic (exact) mass is 1000 g/mol. The SMILES string of the molecule is CC(C)c1ccccc1[C@@H]1COCCN1C1CC2(CCN(c3ccc(C(=O)NS(=O)(=O)c4ccc(NC[C@H]5CC[C@](C)(O)CC5)c([N+](=O)[O-])n4)c(N4c5cc6cc[nH]c6nc5O[C@H]5COCC[C@@H]54)c3)CC2)C1. The second-order valence-corrected chi connectivity index (χ2v) is 23.2. The molecule has 2 aliphatic carbocycles. The van der Waals surface area contributed by atoms with Crippen LogP contribution in [-0.2, 0) is 19.5 Å².